The summed E-state index contributed by atoms with van der Waals surface area (Å²) in [4.78, 5) is 36.9. The van der Waals surface area contributed by atoms with E-state index in [9.17, 15) is 14.4 Å². The van der Waals surface area contributed by atoms with Crippen LogP contribution in [0.5, 0.6) is 0 Å². The number of thiol groups is 1. The molecule has 0 aliphatic carbocycles. The molecule has 2 atom stereocenters. The van der Waals surface area contributed by atoms with E-state index < -0.39 is 17.3 Å². The average Bonchev–Trinajstić information content (AvgIpc) is 2.97. The Morgan fingerprint density at radius 1 is 1.32 bits per heavy atom. The number of hydrogen-bond acceptors (Lipinski definition) is 4. The van der Waals surface area contributed by atoms with Gasteiger partial charge in [0.15, 0.2) is 5.78 Å². The molecule has 1 N–H and O–H groups in total. The fourth-order valence-electron chi connectivity index (χ4n) is 2.50. The molecule has 2 unspecified atom stereocenters. The molecule has 1 aliphatic rings. The molecule has 0 bridgehead atoms. The summed E-state index contributed by atoms with van der Waals surface area (Å²) in [6.45, 7) is 0.419. The second kappa shape index (κ2) is 7.28. The predicted molar refractivity (Wildman–Crippen MR) is 88.2 cm³/mol. The Kier molecular flexibility index (Phi) is 5.63. The summed E-state index contributed by atoms with van der Waals surface area (Å²) in [5, 5.41) is 8.32. The second-order valence-corrected chi connectivity index (χ2v) is 6.71. The minimum atomic E-state index is -0.999. The molecule has 118 valence electrons. The van der Waals surface area contributed by atoms with Crippen molar-refractivity contribution in [3.63, 3.8) is 0 Å². The molecule has 1 amide bonds. The topological polar surface area (TPSA) is 74.7 Å². The number of halogens is 1. The van der Waals surface area contributed by atoms with Crippen LogP contribution in [0.2, 0.25) is 0 Å². The highest BCUT2D eigenvalue weighted by Gasteiger charge is 2.35. The highest BCUT2D eigenvalue weighted by molar-refractivity contribution is 9.10. The monoisotopic (exact) mass is 385 g/mol. The van der Waals surface area contributed by atoms with Crippen LogP contribution >= 0.6 is 28.6 Å². The molecule has 0 radical (unpaired) electrons. The number of carboxylic acids is 1. The van der Waals surface area contributed by atoms with E-state index in [1.807, 2.05) is 0 Å². The second-order valence-electron chi connectivity index (χ2n) is 5.17. The van der Waals surface area contributed by atoms with Gasteiger partial charge in [0.1, 0.15) is 6.04 Å². The first-order chi connectivity index (χ1) is 10.4. The SMILES string of the molecule is O=C(c1ccc(Br)cc1)C(S)CC(=O)N1CCCC1C(=O)O. The zero-order chi connectivity index (χ0) is 16.3. The standard InChI is InChI=1S/C15H16BrNO4S/c16-10-5-3-9(4-6-10)14(19)12(22)8-13(18)17-7-1-2-11(17)15(20)21/h3-6,11-12,22H,1-2,7-8H2,(H,20,21). The van der Waals surface area contributed by atoms with Crippen molar-refractivity contribution in [3.05, 3.63) is 34.3 Å². The molecule has 7 heteroatoms. The Morgan fingerprint density at radius 3 is 2.55 bits per heavy atom. The summed E-state index contributed by atoms with van der Waals surface area (Å²) < 4.78 is 0.859. The van der Waals surface area contributed by atoms with Gasteiger partial charge in [0.2, 0.25) is 5.91 Å². The minimum Gasteiger partial charge on any atom is -0.480 e. The number of nitrogens with zero attached hydrogens (tertiary/aromatic N) is 1. The number of hydrogen-bond donors (Lipinski definition) is 2. The quantitative estimate of drug-likeness (QED) is 0.602. The molecule has 22 heavy (non-hydrogen) atoms. The highest BCUT2D eigenvalue weighted by atomic mass is 79.9. The number of likely N-dealkylation sites (tertiary alicyclic amines) is 1. The third-order valence-electron chi connectivity index (χ3n) is 3.66. The Labute approximate surface area is 142 Å². The molecule has 1 aromatic rings. The van der Waals surface area contributed by atoms with Crippen LogP contribution in [-0.4, -0.2) is 45.5 Å². The number of amides is 1. The van der Waals surface area contributed by atoms with Crippen LogP contribution in [0.4, 0.5) is 0 Å². The molecule has 1 aliphatic heterocycles. The molecule has 0 saturated carbocycles. The van der Waals surface area contributed by atoms with Crippen LogP contribution in [0.3, 0.4) is 0 Å². The van der Waals surface area contributed by atoms with E-state index in [2.05, 4.69) is 28.6 Å². The molecule has 5 nitrogen and oxygen atoms in total. The van der Waals surface area contributed by atoms with Crippen molar-refractivity contribution in [1.82, 2.24) is 4.90 Å². The number of ketones is 1. The van der Waals surface area contributed by atoms with Gasteiger partial charge in [-0.05, 0) is 25.0 Å². The lowest BCUT2D eigenvalue weighted by molar-refractivity contribution is -0.148. The maximum atomic E-state index is 12.2. The Hall–Kier alpha value is -1.34. The first-order valence-corrected chi connectivity index (χ1v) is 8.21. The molecule has 1 heterocycles. The first kappa shape index (κ1) is 17.0. The zero-order valence-electron chi connectivity index (χ0n) is 11.7. The maximum Gasteiger partial charge on any atom is 0.326 e. The van der Waals surface area contributed by atoms with Crippen molar-refractivity contribution in [2.75, 3.05) is 6.54 Å². The third kappa shape index (κ3) is 3.89. The summed E-state index contributed by atoms with van der Waals surface area (Å²) in [7, 11) is 0. The van der Waals surface area contributed by atoms with Gasteiger partial charge in [-0.2, -0.15) is 12.6 Å². The summed E-state index contributed by atoms with van der Waals surface area (Å²) in [6.07, 6.45) is 1.03. The molecule has 1 aromatic carbocycles. The molecular weight excluding hydrogens is 370 g/mol. The van der Waals surface area contributed by atoms with E-state index in [1.165, 1.54) is 4.90 Å². The van der Waals surface area contributed by atoms with Gasteiger partial charge >= 0.3 is 5.97 Å². The molecule has 0 aromatic heterocycles. The van der Waals surface area contributed by atoms with Gasteiger partial charge in [-0.15, -0.1) is 0 Å². The fraction of sp³-hybridized carbons (Fsp3) is 0.400. The van der Waals surface area contributed by atoms with Gasteiger partial charge in [-0.25, -0.2) is 4.79 Å². The minimum absolute atomic E-state index is 0.0954. The lowest BCUT2D eigenvalue weighted by atomic mass is 10.1. The summed E-state index contributed by atoms with van der Waals surface area (Å²) >= 11 is 7.51. The van der Waals surface area contributed by atoms with Gasteiger partial charge in [-0.1, -0.05) is 28.1 Å². The Balaban J connectivity index is 2.00. The molecule has 1 fully saturated rings. The molecule has 2 rings (SSSR count). The molecule has 0 spiro atoms. The van der Waals surface area contributed by atoms with Crippen molar-refractivity contribution < 1.29 is 19.5 Å². The van der Waals surface area contributed by atoms with E-state index in [0.717, 1.165) is 4.47 Å². The first-order valence-electron chi connectivity index (χ1n) is 6.90. The van der Waals surface area contributed by atoms with Crippen LogP contribution in [0.25, 0.3) is 0 Å². The van der Waals surface area contributed by atoms with Gasteiger partial charge in [0, 0.05) is 23.0 Å². The molecular formula is C15H16BrNO4S. The molecule has 1 saturated heterocycles. The van der Waals surface area contributed by atoms with Crippen LogP contribution < -0.4 is 0 Å². The normalized spacial score (nSPS) is 19.0. The Morgan fingerprint density at radius 2 is 1.95 bits per heavy atom. The number of benzene rings is 1. The number of carbonyl (C=O) groups excluding carboxylic acids is 2. The number of aliphatic carboxylic acids is 1. The smallest absolute Gasteiger partial charge is 0.326 e. The van der Waals surface area contributed by atoms with Crippen LogP contribution in [0.15, 0.2) is 28.7 Å². The van der Waals surface area contributed by atoms with Gasteiger partial charge in [-0.3, -0.25) is 9.59 Å². The zero-order valence-corrected chi connectivity index (χ0v) is 14.2. The highest BCUT2D eigenvalue weighted by Crippen LogP contribution is 2.21. The Bertz CT molecular complexity index is 590. The summed E-state index contributed by atoms with van der Waals surface area (Å²) in [5.41, 5.74) is 0.479. The van der Waals surface area contributed by atoms with E-state index >= 15 is 0 Å². The maximum absolute atomic E-state index is 12.2. The lowest BCUT2D eigenvalue weighted by Gasteiger charge is -2.22. The average molecular weight is 386 g/mol. The van der Waals surface area contributed by atoms with Crippen LogP contribution in [0.1, 0.15) is 29.6 Å². The third-order valence-corrected chi connectivity index (χ3v) is 4.60. The number of carboxylic acid groups (broad SMARTS) is 1. The number of rotatable bonds is 5. The number of carbonyl (C=O) groups is 3. The van der Waals surface area contributed by atoms with Crippen molar-refractivity contribution >= 4 is 46.2 Å². The summed E-state index contributed by atoms with van der Waals surface area (Å²) in [5.74, 6) is -1.58. The van der Waals surface area contributed by atoms with Crippen LogP contribution in [0, 0.1) is 0 Å². The largest absolute Gasteiger partial charge is 0.480 e. The van der Waals surface area contributed by atoms with E-state index in [-0.39, 0.29) is 18.1 Å². The van der Waals surface area contributed by atoms with Crippen molar-refractivity contribution in [2.45, 2.75) is 30.6 Å². The fourth-order valence-corrected chi connectivity index (χ4v) is 3.07. The van der Waals surface area contributed by atoms with E-state index in [1.54, 1.807) is 24.3 Å². The lowest BCUT2D eigenvalue weighted by Crippen LogP contribution is -2.41. The van der Waals surface area contributed by atoms with Crippen molar-refractivity contribution in [3.8, 4) is 0 Å². The van der Waals surface area contributed by atoms with Gasteiger partial charge in [0.05, 0.1) is 5.25 Å². The summed E-state index contributed by atoms with van der Waals surface area (Å²) in [6, 6.07) is 6.04. The van der Waals surface area contributed by atoms with Gasteiger partial charge < -0.3 is 10.0 Å². The van der Waals surface area contributed by atoms with Crippen molar-refractivity contribution in [1.29, 1.82) is 0 Å². The van der Waals surface area contributed by atoms with Crippen molar-refractivity contribution in [2.24, 2.45) is 0 Å². The number of Topliss-reactive ketones (excluding diaryl/α,β-unsaturated/α-hetero) is 1. The van der Waals surface area contributed by atoms with E-state index in [0.29, 0.717) is 24.9 Å². The predicted octanol–water partition coefficient (Wildman–Crippen LogP) is 2.40. The van der Waals surface area contributed by atoms with Crippen LogP contribution in [-0.2, 0) is 9.59 Å². The van der Waals surface area contributed by atoms with Gasteiger partial charge in [0.25, 0.3) is 0 Å². The van der Waals surface area contributed by atoms with E-state index in [4.69, 9.17) is 5.11 Å².